The summed E-state index contributed by atoms with van der Waals surface area (Å²) in [6.45, 7) is 0.166. The smallest absolute Gasteiger partial charge is 0.327 e. The summed E-state index contributed by atoms with van der Waals surface area (Å²) < 4.78 is 0. The summed E-state index contributed by atoms with van der Waals surface area (Å²) in [7, 11) is 0. The van der Waals surface area contributed by atoms with Gasteiger partial charge in [0, 0.05) is 18.1 Å². The average molecular weight is 214 g/mol. The maximum Gasteiger partial charge on any atom is 0.327 e. The molecule has 1 aliphatic rings. The van der Waals surface area contributed by atoms with Gasteiger partial charge in [-0.1, -0.05) is 6.08 Å². The van der Waals surface area contributed by atoms with Gasteiger partial charge < -0.3 is 15.3 Å². The third kappa shape index (κ3) is 3.32. The quantitative estimate of drug-likeness (QED) is 0.604. The van der Waals surface area contributed by atoms with Crippen LogP contribution in [0.4, 0.5) is 0 Å². The molecule has 0 aromatic heterocycles. The predicted molar refractivity (Wildman–Crippen MR) is 55.3 cm³/mol. The van der Waals surface area contributed by atoms with Crippen molar-refractivity contribution in [3.63, 3.8) is 0 Å². The largest absolute Gasteiger partial charge is 0.478 e. The molecule has 0 heterocycles. The Morgan fingerprint density at radius 3 is 2.33 bits per heavy atom. The van der Waals surface area contributed by atoms with Gasteiger partial charge in [-0.25, -0.2) is 4.79 Å². The van der Waals surface area contributed by atoms with E-state index in [1.165, 1.54) is 0 Å². The Morgan fingerprint density at radius 1 is 1.33 bits per heavy atom. The number of rotatable bonds is 4. The van der Waals surface area contributed by atoms with E-state index in [0.717, 1.165) is 31.8 Å². The van der Waals surface area contributed by atoms with Crippen molar-refractivity contribution in [3.05, 3.63) is 12.2 Å². The van der Waals surface area contributed by atoms with Crippen molar-refractivity contribution in [1.29, 1.82) is 0 Å². The van der Waals surface area contributed by atoms with Gasteiger partial charge in [0.15, 0.2) is 0 Å². The van der Waals surface area contributed by atoms with Gasteiger partial charge in [0.1, 0.15) is 0 Å². The highest BCUT2D eigenvalue weighted by Crippen LogP contribution is 2.39. The first kappa shape index (κ1) is 12.2. The summed E-state index contributed by atoms with van der Waals surface area (Å²) in [5, 5.41) is 26.8. The SMILES string of the molecule is O=C(O)/C=C/C1(CO)CCC(CO)CC1. The second kappa shape index (κ2) is 5.28. The van der Waals surface area contributed by atoms with E-state index in [9.17, 15) is 9.90 Å². The Balaban J connectivity index is 2.59. The van der Waals surface area contributed by atoms with Gasteiger partial charge in [0.25, 0.3) is 0 Å². The van der Waals surface area contributed by atoms with Gasteiger partial charge in [-0.05, 0) is 31.6 Å². The van der Waals surface area contributed by atoms with Crippen LogP contribution >= 0.6 is 0 Å². The molecule has 15 heavy (non-hydrogen) atoms. The number of aliphatic hydroxyl groups is 2. The van der Waals surface area contributed by atoms with Crippen molar-refractivity contribution in [2.45, 2.75) is 25.7 Å². The lowest BCUT2D eigenvalue weighted by atomic mass is 9.71. The molecule has 4 heteroatoms. The minimum absolute atomic E-state index is 0.0189. The Kier molecular flexibility index (Phi) is 4.29. The monoisotopic (exact) mass is 214 g/mol. The van der Waals surface area contributed by atoms with Crippen LogP contribution in [0.2, 0.25) is 0 Å². The van der Waals surface area contributed by atoms with E-state index in [1.807, 2.05) is 0 Å². The summed E-state index contributed by atoms with van der Waals surface area (Å²) >= 11 is 0. The van der Waals surface area contributed by atoms with E-state index in [1.54, 1.807) is 6.08 Å². The molecule has 1 rings (SSSR count). The van der Waals surface area contributed by atoms with E-state index in [4.69, 9.17) is 10.2 Å². The van der Waals surface area contributed by atoms with Crippen molar-refractivity contribution in [2.75, 3.05) is 13.2 Å². The number of hydrogen-bond acceptors (Lipinski definition) is 3. The zero-order valence-electron chi connectivity index (χ0n) is 8.72. The Labute approximate surface area is 89.2 Å². The van der Waals surface area contributed by atoms with Crippen molar-refractivity contribution in [2.24, 2.45) is 11.3 Å². The minimum Gasteiger partial charge on any atom is -0.478 e. The zero-order chi connectivity index (χ0) is 11.3. The van der Waals surface area contributed by atoms with E-state index in [-0.39, 0.29) is 18.6 Å². The molecule has 0 aliphatic heterocycles. The molecule has 0 unspecified atom stereocenters. The first-order chi connectivity index (χ1) is 7.12. The molecule has 1 aliphatic carbocycles. The van der Waals surface area contributed by atoms with Crippen LogP contribution in [0.25, 0.3) is 0 Å². The normalized spacial score (nSPS) is 32.0. The topological polar surface area (TPSA) is 77.8 Å². The number of carboxylic acids is 1. The third-order valence-electron chi connectivity index (χ3n) is 3.25. The molecule has 1 saturated carbocycles. The minimum atomic E-state index is -0.980. The highest BCUT2D eigenvalue weighted by atomic mass is 16.4. The van der Waals surface area contributed by atoms with Crippen LogP contribution in [-0.2, 0) is 4.79 Å². The molecule has 0 saturated heterocycles. The Bertz CT molecular complexity index is 239. The highest BCUT2D eigenvalue weighted by Gasteiger charge is 2.32. The number of aliphatic carboxylic acids is 1. The Hall–Kier alpha value is -0.870. The summed E-state index contributed by atoms with van der Waals surface area (Å²) in [4.78, 5) is 10.4. The van der Waals surface area contributed by atoms with Crippen LogP contribution in [0.1, 0.15) is 25.7 Å². The number of carbonyl (C=O) groups is 1. The molecule has 1 fully saturated rings. The number of aliphatic hydroxyl groups excluding tert-OH is 2. The predicted octanol–water partition coefficient (Wildman–Crippen LogP) is 0.788. The fraction of sp³-hybridized carbons (Fsp3) is 0.727. The van der Waals surface area contributed by atoms with E-state index >= 15 is 0 Å². The van der Waals surface area contributed by atoms with Gasteiger partial charge in [-0.3, -0.25) is 0 Å². The van der Waals surface area contributed by atoms with Crippen LogP contribution in [0.3, 0.4) is 0 Å². The van der Waals surface area contributed by atoms with Gasteiger partial charge in [-0.2, -0.15) is 0 Å². The number of carboxylic acid groups (broad SMARTS) is 1. The van der Waals surface area contributed by atoms with Gasteiger partial charge in [0.2, 0.25) is 0 Å². The second-order valence-electron chi connectivity index (χ2n) is 4.32. The van der Waals surface area contributed by atoms with Crippen LogP contribution in [-0.4, -0.2) is 34.5 Å². The lowest BCUT2D eigenvalue weighted by molar-refractivity contribution is -0.131. The van der Waals surface area contributed by atoms with Crippen molar-refractivity contribution in [3.8, 4) is 0 Å². The van der Waals surface area contributed by atoms with Crippen molar-refractivity contribution < 1.29 is 20.1 Å². The molecule has 86 valence electrons. The van der Waals surface area contributed by atoms with Crippen molar-refractivity contribution in [1.82, 2.24) is 0 Å². The van der Waals surface area contributed by atoms with Crippen LogP contribution in [0, 0.1) is 11.3 Å². The molecule has 0 aromatic carbocycles. The van der Waals surface area contributed by atoms with Crippen LogP contribution < -0.4 is 0 Å². The van der Waals surface area contributed by atoms with Crippen LogP contribution in [0.5, 0.6) is 0 Å². The Morgan fingerprint density at radius 2 is 1.93 bits per heavy atom. The number of hydrogen-bond donors (Lipinski definition) is 3. The molecule has 0 spiro atoms. The first-order valence-electron chi connectivity index (χ1n) is 5.26. The molecule has 0 bridgehead atoms. The van der Waals surface area contributed by atoms with Crippen molar-refractivity contribution >= 4 is 5.97 Å². The molecule has 0 atom stereocenters. The highest BCUT2D eigenvalue weighted by molar-refractivity contribution is 5.79. The van der Waals surface area contributed by atoms with E-state index < -0.39 is 5.97 Å². The first-order valence-corrected chi connectivity index (χ1v) is 5.26. The molecular formula is C11H18O4. The van der Waals surface area contributed by atoms with E-state index in [0.29, 0.717) is 5.92 Å². The fourth-order valence-corrected chi connectivity index (χ4v) is 2.06. The van der Waals surface area contributed by atoms with Gasteiger partial charge in [0.05, 0.1) is 6.61 Å². The summed E-state index contributed by atoms with van der Waals surface area (Å²) in [6.07, 6.45) is 5.90. The van der Waals surface area contributed by atoms with Gasteiger partial charge >= 0.3 is 5.97 Å². The molecule has 0 amide bonds. The maximum absolute atomic E-state index is 10.4. The third-order valence-corrected chi connectivity index (χ3v) is 3.25. The van der Waals surface area contributed by atoms with Gasteiger partial charge in [-0.15, -0.1) is 0 Å². The molecule has 0 radical (unpaired) electrons. The molecule has 0 aromatic rings. The fourth-order valence-electron chi connectivity index (χ4n) is 2.06. The summed E-state index contributed by atoms with van der Waals surface area (Å²) in [5.74, 6) is -0.671. The summed E-state index contributed by atoms with van der Waals surface area (Å²) in [6, 6.07) is 0. The maximum atomic E-state index is 10.4. The average Bonchev–Trinajstić information content (AvgIpc) is 2.27. The van der Waals surface area contributed by atoms with E-state index in [2.05, 4.69) is 0 Å². The standard InChI is InChI=1S/C11H18O4/c12-7-9-1-4-11(8-13,5-2-9)6-3-10(14)15/h3,6,9,12-13H,1-2,4-5,7-8H2,(H,14,15)/b6-3+. The molecule has 3 N–H and O–H groups in total. The lowest BCUT2D eigenvalue weighted by Gasteiger charge is -2.36. The molecular weight excluding hydrogens is 196 g/mol. The molecule has 4 nitrogen and oxygen atoms in total. The zero-order valence-corrected chi connectivity index (χ0v) is 8.72. The second-order valence-corrected chi connectivity index (χ2v) is 4.32. The van der Waals surface area contributed by atoms with Crippen LogP contribution in [0.15, 0.2) is 12.2 Å². The summed E-state index contributed by atoms with van der Waals surface area (Å²) in [5.41, 5.74) is -0.385. The lowest BCUT2D eigenvalue weighted by Crippen LogP contribution is -2.30.